The quantitative estimate of drug-likeness (QED) is 0.512. The Balaban J connectivity index is 2.15. The molecule has 1 fully saturated rings. The van der Waals surface area contributed by atoms with Crippen LogP contribution in [0.2, 0.25) is 0 Å². The van der Waals surface area contributed by atoms with Gasteiger partial charge < -0.3 is 5.73 Å². The van der Waals surface area contributed by atoms with Crippen LogP contribution in [0.1, 0.15) is 45.4 Å². The molecule has 1 saturated carbocycles. The van der Waals surface area contributed by atoms with E-state index in [1.54, 1.807) is 0 Å². The topological polar surface area (TPSA) is 26.0 Å². The Bertz CT molecular complexity index is 153. The minimum Gasteiger partial charge on any atom is -0.327 e. The van der Waals surface area contributed by atoms with Crippen molar-refractivity contribution in [1.29, 1.82) is 0 Å². The van der Waals surface area contributed by atoms with Gasteiger partial charge in [-0.2, -0.15) is 0 Å². The van der Waals surface area contributed by atoms with Gasteiger partial charge in [-0.25, -0.2) is 0 Å². The molecule has 1 aliphatic carbocycles. The van der Waals surface area contributed by atoms with Gasteiger partial charge in [0.25, 0.3) is 0 Å². The molecular formula is C12H23N. The maximum absolute atomic E-state index is 6.15. The van der Waals surface area contributed by atoms with Gasteiger partial charge in [0, 0.05) is 6.04 Å². The van der Waals surface area contributed by atoms with E-state index in [0.29, 0.717) is 6.04 Å². The number of hydrogen-bond donors (Lipinski definition) is 1. The predicted octanol–water partition coefficient (Wildman–Crippen LogP) is 3.11. The van der Waals surface area contributed by atoms with Crippen molar-refractivity contribution in [3.63, 3.8) is 0 Å². The molecule has 0 amide bonds. The number of rotatable bonds is 5. The van der Waals surface area contributed by atoms with Gasteiger partial charge in [-0.3, -0.25) is 0 Å². The lowest BCUT2D eigenvalue weighted by atomic mass is 9.93. The highest BCUT2D eigenvalue weighted by atomic mass is 14.7. The highest BCUT2D eigenvalue weighted by Crippen LogP contribution is 2.33. The molecule has 0 heterocycles. The van der Waals surface area contributed by atoms with Crippen LogP contribution in [-0.2, 0) is 0 Å². The summed E-state index contributed by atoms with van der Waals surface area (Å²) in [5, 5.41) is 0. The normalized spacial score (nSPS) is 30.3. The molecular weight excluding hydrogens is 158 g/mol. The van der Waals surface area contributed by atoms with E-state index in [2.05, 4.69) is 13.5 Å². The van der Waals surface area contributed by atoms with E-state index in [-0.39, 0.29) is 0 Å². The Morgan fingerprint density at radius 3 is 2.85 bits per heavy atom. The molecule has 0 bridgehead atoms. The lowest BCUT2D eigenvalue weighted by Gasteiger charge is -2.18. The molecule has 13 heavy (non-hydrogen) atoms. The second-order valence-corrected chi connectivity index (χ2v) is 4.56. The fraction of sp³-hybridized carbons (Fsp3) is 0.833. The van der Waals surface area contributed by atoms with Crippen molar-refractivity contribution in [1.82, 2.24) is 0 Å². The molecule has 1 aliphatic rings. The van der Waals surface area contributed by atoms with Gasteiger partial charge in [0.2, 0.25) is 0 Å². The molecule has 0 radical (unpaired) electrons. The SMILES string of the molecule is C=CCCCC(N)C1CCC(C)C1. The third-order valence-corrected chi connectivity index (χ3v) is 3.29. The van der Waals surface area contributed by atoms with Crippen molar-refractivity contribution in [2.24, 2.45) is 17.6 Å². The summed E-state index contributed by atoms with van der Waals surface area (Å²) in [4.78, 5) is 0. The van der Waals surface area contributed by atoms with E-state index >= 15 is 0 Å². The summed E-state index contributed by atoms with van der Waals surface area (Å²) in [5.41, 5.74) is 6.15. The first-order valence-electron chi connectivity index (χ1n) is 5.60. The van der Waals surface area contributed by atoms with Crippen LogP contribution in [0.5, 0.6) is 0 Å². The van der Waals surface area contributed by atoms with Crippen LogP contribution in [0.25, 0.3) is 0 Å². The van der Waals surface area contributed by atoms with E-state index in [9.17, 15) is 0 Å². The van der Waals surface area contributed by atoms with Crippen molar-refractivity contribution in [3.8, 4) is 0 Å². The number of allylic oxidation sites excluding steroid dienone is 1. The molecule has 0 aromatic heterocycles. The van der Waals surface area contributed by atoms with Gasteiger partial charge in [0.1, 0.15) is 0 Å². The van der Waals surface area contributed by atoms with Crippen molar-refractivity contribution in [2.75, 3.05) is 0 Å². The van der Waals surface area contributed by atoms with Gasteiger partial charge in [-0.1, -0.05) is 19.4 Å². The second-order valence-electron chi connectivity index (χ2n) is 4.56. The molecule has 3 unspecified atom stereocenters. The average molecular weight is 181 g/mol. The first-order valence-corrected chi connectivity index (χ1v) is 5.60. The predicted molar refractivity (Wildman–Crippen MR) is 58.5 cm³/mol. The van der Waals surface area contributed by atoms with Gasteiger partial charge in [0.15, 0.2) is 0 Å². The van der Waals surface area contributed by atoms with Gasteiger partial charge in [0.05, 0.1) is 0 Å². The number of unbranched alkanes of at least 4 members (excludes halogenated alkanes) is 1. The van der Waals surface area contributed by atoms with E-state index in [1.165, 1.54) is 32.1 Å². The van der Waals surface area contributed by atoms with Gasteiger partial charge in [-0.15, -0.1) is 6.58 Å². The highest BCUT2D eigenvalue weighted by molar-refractivity contribution is 4.81. The summed E-state index contributed by atoms with van der Waals surface area (Å²) >= 11 is 0. The molecule has 0 aromatic carbocycles. The Kier molecular flexibility index (Phi) is 4.51. The largest absolute Gasteiger partial charge is 0.327 e. The third-order valence-electron chi connectivity index (χ3n) is 3.29. The Morgan fingerprint density at radius 2 is 2.31 bits per heavy atom. The molecule has 3 atom stereocenters. The Hall–Kier alpha value is -0.300. The first-order chi connectivity index (χ1) is 6.24. The second kappa shape index (κ2) is 5.43. The maximum Gasteiger partial charge on any atom is 0.00673 e. The summed E-state index contributed by atoms with van der Waals surface area (Å²) in [6.07, 6.45) is 9.62. The van der Waals surface area contributed by atoms with E-state index in [4.69, 9.17) is 5.73 Å². The molecule has 2 N–H and O–H groups in total. The zero-order valence-corrected chi connectivity index (χ0v) is 8.84. The lowest BCUT2D eigenvalue weighted by Crippen LogP contribution is -2.28. The van der Waals surface area contributed by atoms with Gasteiger partial charge >= 0.3 is 0 Å². The lowest BCUT2D eigenvalue weighted by molar-refractivity contribution is 0.392. The minimum atomic E-state index is 0.449. The van der Waals surface area contributed by atoms with Crippen molar-refractivity contribution in [2.45, 2.75) is 51.5 Å². The fourth-order valence-electron chi connectivity index (χ4n) is 2.37. The van der Waals surface area contributed by atoms with Gasteiger partial charge in [-0.05, 0) is 43.9 Å². The van der Waals surface area contributed by atoms with Crippen LogP contribution < -0.4 is 5.73 Å². The summed E-state index contributed by atoms with van der Waals surface area (Å²) in [6.45, 7) is 6.07. The van der Waals surface area contributed by atoms with Crippen LogP contribution >= 0.6 is 0 Å². The summed E-state index contributed by atoms with van der Waals surface area (Å²) in [5.74, 6) is 1.72. The zero-order chi connectivity index (χ0) is 9.68. The zero-order valence-electron chi connectivity index (χ0n) is 8.84. The molecule has 0 aromatic rings. The highest BCUT2D eigenvalue weighted by Gasteiger charge is 2.25. The van der Waals surface area contributed by atoms with Crippen molar-refractivity contribution >= 4 is 0 Å². The van der Waals surface area contributed by atoms with Crippen LogP contribution in [0, 0.1) is 11.8 Å². The van der Waals surface area contributed by atoms with E-state index in [0.717, 1.165) is 18.3 Å². The molecule has 0 spiro atoms. The minimum absolute atomic E-state index is 0.449. The maximum atomic E-state index is 6.15. The Morgan fingerprint density at radius 1 is 1.54 bits per heavy atom. The summed E-state index contributed by atoms with van der Waals surface area (Å²) < 4.78 is 0. The number of nitrogens with two attached hydrogens (primary N) is 1. The smallest absolute Gasteiger partial charge is 0.00673 e. The van der Waals surface area contributed by atoms with Crippen LogP contribution in [0.4, 0.5) is 0 Å². The monoisotopic (exact) mass is 181 g/mol. The molecule has 1 nitrogen and oxygen atoms in total. The molecule has 1 heteroatoms. The standard InChI is InChI=1S/C12H23N/c1-3-4-5-6-12(13)11-8-7-10(2)9-11/h3,10-12H,1,4-9,13H2,2H3. The van der Waals surface area contributed by atoms with Crippen LogP contribution in [-0.4, -0.2) is 6.04 Å². The molecule has 76 valence electrons. The number of hydrogen-bond acceptors (Lipinski definition) is 1. The molecule has 1 rings (SSSR count). The van der Waals surface area contributed by atoms with Crippen LogP contribution in [0.3, 0.4) is 0 Å². The average Bonchev–Trinajstić information content (AvgIpc) is 2.52. The molecule has 0 aliphatic heterocycles. The fourth-order valence-corrected chi connectivity index (χ4v) is 2.37. The molecule has 0 saturated heterocycles. The Labute approximate surface area is 82.4 Å². The van der Waals surface area contributed by atoms with E-state index in [1.807, 2.05) is 6.08 Å². The van der Waals surface area contributed by atoms with E-state index < -0.39 is 0 Å². The summed E-state index contributed by atoms with van der Waals surface area (Å²) in [6, 6.07) is 0.449. The third kappa shape index (κ3) is 3.51. The van der Waals surface area contributed by atoms with Crippen LogP contribution in [0.15, 0.2) is 12.7 Å². The van der Waals surface area contributed by atoms with Crippen molar-refractivity contribution in [3.05, 3.63) is 12.7 Å². The van der Waals surface area contributed by atoms with Crippen molar-refractivity contribution < 1.29 is 0 Å². The summed E-state index contributed by atoms with van der Waals surface area (Å²) in [7, 11) is 0. The first kappa shape index (κ1) is 10.8.